The number of halogens is 2. The van der Waals surface area contributed by atoms with Gasteiger partial charge in [0.15, 0.2) is 5.82 Å². The van der Waals surface area contributed by atoms with E-state index in [9.17, 15) is 4.39 Å². The Hall–Kier alpha value is -0.800. The smallest absolute Gasteiger partial charge is 0.150 e. The van der Waals surface area contributed by atoms with Crippen LogP contribution in [0.1, 0.15) is 25.0 Å². The first-order valence-electron chi connectivity index (χ1n) is 4.61. The van der Waals surface area contributed by atoms with Gasteiger partial charge in [-0.1, -0.05) is 11.6 Å². The first-order chi connectivity index (χ1) is 6.79. The minimum atomic E-state index is -0.828. The predicted octanol–water partition coefficient (Wildman–Crippen LogP) is 2.99. The average molecular weight is 232 g/mol. The van der Waals surface area contributed by atoms with E-state index in [0.717, 1.165) is 5.56 Å². The molecule has 1 aromatic carbocycles. The van der Waals surface area contributed by atoms with Crippen LogP contribution in [0.5, 0.6) is 5.75 Å². The van der Waals surface area contributed by atoms with Gasteiger partial charge in [-0.15, -0.1) is 0 Å². The largest absolute Gasteiger partial charge is 0.496 e. The number of hydrogen-bond donors (Lipinski definition) is 1. The number of aryl methyl sites for hydroxylation is 1. The second kappa shape index (κ2) is 3.99. The summed E-state index contributed by atoms with van der Waals surface area (Å²) in [5.74, 6) is -0.0454. The van der Waals surface area contributed by atoms with E-state index in [2.05, 4.69) is 0 Å². The van der Waals surface area contributed by atoms with Crippen molar-refractivity contribution in [3.8, 4) is 5.75 Å². The van der Waals surface area contributed by atoms with Crippen molar-refractivity contribution < 1.29 is 9.13 Å². The van der Waals surface area contributed by atoms with Gasteiger partial charge in [0.05, 0.1) is 17.7 Å². The Balaban J connectivity index is 3.59. The number of methoxy groups -OCH3 is 1. The molecule has 1 rings (SSSR count). The summed E-state index contributed by atoms with van der Waals surface area (Å²) in [7, 11) is 1.49. The third-order valence-electron chi connectivity index (χ3n) is 2.21. The molecule has 0 unspecified atom stereocenters. The van der Waals surface area contributed by atoms with Gasteiger partial charge < -0.3 is 10.5 Å². The van der Waals surface area contributed by atoms with E-state index >= 15 is 0 Å². The molecule has 0 bridgehead atoms. The minimum Gasteiger partial charge on any atom is -0.496 e. The fourth-order valence-electron chi connectivity index (χ4n) is 1.57. The van der Waals surface area contributed by atoms with Crippen LogP contribution < -0.4 is 10.5 Å². The summed E-state index contributed by atoms with van der Waals surface area (Å²) in [4.78, 5) is 0. The molecule has 1 aromatic rings. The summed E-state index contributed by atoms with van der Waals surface area (Å²) >= 11 is 5.77. The van der Waals surface area contributed by atoms with Crippen LogP contribution in [0, 0.1) is 12.7 Å². The molecule has 0 aliphatic rings. The van der Waals surface area contributed by atoms with Crippen molar-refractivity contribution in [3.63, 3.8) is 0 Å². The van der Waals surface area contributed by atoms with Crippen LogP contribution in [0.25, 0.3) is 0 Å². The Bertz CT molecular complexity index is 385. The van der Waals surface area contributed by atoms with Crippen molar-refractivity contribution in [1.29, 1.82) is 0 Å². The van der Waals surface area contributed by atoms with Gasteiger partial charge in [0, 0.05) is 5.54 Å². The molecule has 0 aliphatic carbocycles. The normalized spacial score (nSPS) is 11.7. The molecule has 2 nitrogen and oxygen atoms in total. The van der Waals surface area contributed by atoms with E-state index in [1.165, 1.54) is 13.2 Å². The number of benzene rings is 1. The fourth-order valence-corrected chi connectivity index (χ4v) is 1.83. The Kier molecular flexibility index (Phi) is 3.26. The fraction of sp³-hybridized carbons (Fsp3) is 0.455. The standard InChI is InChI=1S/C11H15ClFNO/c1-6-5-7(12)9(13)8(10(6)15-4)11(2,3)14/h5H,14H2,1-4H3. The van der Waals surface area contributed by atoms with Crippen LogP contribution >= 0.6 is 11.6 Å². The van der Waals surface area contributed by atoms with Gasteiger partial charge in [0.1, 0.15) is 5.75 Å². The molecule has 0 aromatic heterocycles. The summed E-state index contributed by atoms with van der Waals surface area (Å²) in [6, 6.07) is 1.53. The minimum absolute atomic E-state index is 0.0711. The van der Waals surface area contributed by atoms with Crippen molar-refractivity contribution >= 4 is 11.6 Å². The summed E-state index contributed by atoms with van der Waals surface area (Å²) in [5.41, 5.74) is 6.16. The average Bonchev–Trinajstić information content (AvgIpc) is 2.08. The lowest BCUT2D eigenvalue weighted by Crippen LogP contribution is -2.31. The molecule has 4 heteroatoms. The van der Waals surface area contributed by atoms with E-state index in [0.29, 0.717) is 11.3 Å². The Morgan fingerprint density at radius 3 is 2.40 bits per heavy atom. The molecule has 0 fully saturated rings. The van der Waals surface area contributed by atoms with E-state index in [-0.39, 0.29) is 5.02 Å². The van der Waals surface area contributed by atoms with Gasteiger partial charge in [0.25, 0.3) is 0 Å². The monoisotopic (exact) mass is 231 g/mol. The zero-order chi connectivity index (χ0) is 11.8. The third kappa shape index (κ3) is 2.24. The number of ether oxygens (including phenoxy) is 1. The van der Waals surface area contributed by atoms with Crippen molar-refractivity contribution in [3.05, 3.63) is 28.0 Å². The lowest BCUT2D eigenvalue weighted by Gasteiger charge is -2.24. The number of hydrogen-bond acceptors (Lipinski definition) is 2. The molecular weight excluding hydrogens is 217 g/mol. The van der Waals surface area contributed by atoms with Crippen LogP contribution in [-0.2, 0) is 5.54 Å². The molecule has 0 saturated heterocycles. The number of rotatable bonds is 2. The van der Waals surface area contributed by atoms with Gasteiger partial charge in [-0.3, -0.25) is 0 Å². The molecule has 0 saturated carbocycles. The molecule has 0 aliphatic heterocycles. The number of nitrogens with two attached hydrogens (primary N) is 1. The molecule has 2 N–H and O–H groups in total. The van der Waals surface area contributed by atoms with Crippen LogP contribution in [-0.4, -0.2) is 7.11 Å². The van der Waals surface area contributed by atoms with Gasteiger partial charge in [-0.2, -0.15) is 0 Å². The van der Waals surface area contributed by atoms with Gasteiger partial charge >= 0.3 is 0 Å². The van der Waals surface area contributed by atoms with Crippen LogP contribution in [0.3, 0.4) is 0 Å². The van der Waals surface area contributed by atoms with E-state index in [1.54, 1.807) is 20.8 Å². The van der Waals surface area contributed by atoms with Crippen LogP contribution in [0.15, 0.2) is 6.07 Å². The maximum atomic E-state index is 13.8. The first-order valence-corrected chi connectivity index (χ1v) is 4.98. The maximum Gasteiger partial charge on any atom is 0.150 e. The summed E-state index contributed by atoms with van der Waals surface area (Å²) in [6.07, 6.45) is 0. The molecule has 15 heavy (non-hydrogen) atoms. The van der Waals surface area contributed by atoms with Crippen molar-refractivity contribution in [1.82, 2.24) is 0 Å². The topological polar surface area (TPSA) is 35.2 Å². The second-order valence-corrected chi connectivity index (χ2v) is 4.53. The molecule has 84 valence electrons. The molecule has 0 atom stereocenters. The Morgan fingerprint density at radius 1 is 1.47 bits per heavy atom. The summed E-state index contributed by atoms with van der Waals surface area (Å²) < 4.78 is 19.0. The van der Waals surface area contributed by atoms with Crippen molar-refractivity contribution in [2.75, 3.05) is 7.11 Å². The highest BCUT2D eigenvalue weighted by Gasteiger charge is 2.27. The van der Waals surface area contributed by atoms with E-state index in [1.807, 2.05) is 0 Å². The van der Waals surface area contributed by atoms with E-state index in [4.69, 9.17) is 22.1 Å². The van der Waals surface area contributed by atoms with Gasteiger partial charge in [-0.05, 0) is 32.4 Å². The molecule has 0 amide bonds. The Morgan fingerprint density at radius 2 is 2.00 bits per heavy atom. The highest BCUT2D eigenvalue weighted by Crippen LogP contribution is 2.36. The third-order valence-corrected chi connectivity index (χ3v) is 2.48. The second-order valence-electron chi connectivity index (χ2n) is 4.12. The zero-order valence-corrected chi connectivity index (χ0v) is 10.1. The van der Waals surface area contributed by atoms with Crippen molar-refractivity contribution in [2.24, 2.45) is 5.73 Å². The maximum absolute atomic E-state index is 13.8. The molecule has 0 radical (unpaired) electrons. The first kappa shape index (κ1) is 12.3. The molecule has 0 heterocycles. The quantitative estimate of drug-likeness (QED) is 0.849. The lowest BCUT2D eigenvalue weighted by molar-refractivity contribution is 0.381. The van der Waals surface area contributed by atoms with E-state index < -0.39 is 11.4 Å². The molecular formula is C11H15ClFNO. The summed E-state index contributed by atoms with van der Waals surface area (Å²) in [6.45, 7) is 5.23. The lowest BCUT2D eigenvalue weighted by atomic mass is 9.92. The predicted molar refractivity (Wildman–Crippen MR) is 59.9 cm³/mol. The highest BCUT2D eigenvalue weighted by molar-refractivity contribution is 6.31. The van der Waals surface area contributed by atoms with Gasteiger partial charge in [-0.25, -0.2) is 4.39 Å². The van der Waals surface area contributed by atoms with Crippen LogP contribution in [0.4, 0.5) is 4.39 Å². The Labute approximate surface area is 94.2 Å². The zero-order valence-electron chi connectivity index (χ0n) is 9.32. The van der Waals surface area contributed by atoms with Gasteiger partial charge in [0.2, 0.25) is 0 Å². The van der Waals surface area contributed by atoms with Crippen molar-refractivity contribution in [2.45, 2.75) is 26.3 Å². The van der Waals surface area contributed by atoms with Crippen LogP contribution in [0.2, 0.25) is 5.02 Å². The summed E-state index contributed by atoms with van der Waals surface area (Å²) in [5, 5.41) is 0.0711. The SMILES string of the molecule is COc1c(C)cc(Cl)c(F)c1C(C)(C)N. The highest BCUT2D eigenvalue weighted by atomic mass is 35.5. The molecule has 0 spiro atoms.